The first-order valence-electron chi connectivity index (χ1n) is 17.3. The monoisotopic (exact) mass is 693 g/mol. The van der Waals surface area contributed by atoms with E-state index in [1.54, 1.807) is 0 Å². The van der Waals surface area contributed by atoms with Gasteiger partial charge in [0.1, 0.15) is 36.6 Å². The van der Waals surface area contributed by atoms with E-state index in [4.69, 9.17) is 9.47 Å². The molecule has 1 aliphatic rings. The number of amides is 1. The fourth-order valence-corrected chi connectivity index (χ4v) is 5.75. The first kappa shape index (κ1) is 42.3. The van der Waals surface area contributed by atoms with E-state index in [1.165, 1.54) is 44.9 Å². The molecule has 0 radical (unpaired) electrons. The van der Waals surface area contributed by atoms with Crippen LogP contribution in [-0.2, 0) is 14.3 Å². The van der Waals surface area contributed by atoms with Gasteiger partial charge in [-0.05, 0) is 24.1 Å². The Morgan fingerprint density at radius 1 is 0.833 bits per heavy atom. The van der Waals surface area contributed by atoms with Crippen molar-refractivity contribution in [2.45, 2.75) is 158 Å². The van der Waals surface area contributed by atoms with Gasteiger partial charge in [-0.1, -0.05) is 90.0 Å². The molecule has 1 aromatic rings. The van der Waals surface area contributed by atoms with Crippen LogP contribution in [0.3, 0.4) is 0 Å². The Hall–Kier alpha value is -1.85. The van der Waals surface area contributed by atoms with Crippen molar-refractivity contribution >= 4 is 5.91 Å². The Kier molecular flexibility index (Phi) is 20.1. The number of halogens is 2. The van der Waals surface area contributed by atoms with Crippen LogP contribution in [0.4, 0.5) is 8.78 Å². The number of rotatable bonds is 24. The van der Waals surface area contributed by atoms with E-state index in [1.807, 2.05) is 0 Å². The van der Waals surface area contributed by atoms with Crippen LogP contribution < -0.4 is 5.32 Å². The summed E-state index contributed by atoms with van der Waals surface area (Å²) >= 11 is 0. The van der Waals surface area contributed by atoms with Gasteiger partial charge in [0, 0.05) is 0 Å². The highest BCUT2D eigenvalue weighted by atomic mass is 19.2. The highest BCUT2D eigenvalue weighted by molar-refractivity contribution is 5.77. The molecule has 0 bridgehead atoms. The summed E-state index contributed by atoms with van der Waals surface area (Å²) in [5.41, 5.74) is -0.172. The van der Waals surface area contributed by atoms with Crippen LogP contribution in [0.15, 0.2) is 18.2 Å². The molecule has 12 nitrogen and oxygen atoms in total. The lowest BCUT2D eigenvalue weighted by Crippen LogP contribution is -2.60. The Bertz CT molecular complexity index is 1040. The zero-order valence-corrected chi connectivity index (χ0v) is 27.9. The molecule has 1 saturated heterocycles. The molecule has 2 unspecified atom stereocenters. The number of aliphatic hydroxyl groups excluding tert-OH is 8. The highest BCUT2D eigenvalue weighted by Gasteiger charge is 2.44. The number of ether oxygens (including phenoxy) is 2. The zero-order valence-electron chi connectivity index (χ0n) is 27.9. The maximum absolute atomic E-state index is 13.6. The molecule has 1 amide bonds. The van der Waals surface area contributed by atoms with Crippen LogP contribution >= 0.6 is 0 Å². The molecule has 10 atom stereocenters. The molecule has 0 spiro atoms. The van der Waals surface area contributed by atoms with Gasteiger partial charge in [0.05, 0.1) is 37.9 Å². The van der Waals surface area contributed by atoms with Crippen LogP contribution in [0.25, 0.3) is 0 Å². The number of carbonyl (C=O) groups excluding carboxylic acids is 1. The third-order valence-corrected chi connectivity index (χ3v) is 8.84. The van der Waals surface area contributed by atoms with E-state index in [-0.39, 0.29) is 12.0 Å². The number of hydrogen-bond acceptors (Lipinski definition) is 11. The molecule has 1 fully saturated rings. The zero-order chi connectivity index (χ0) is 35.6. The van der Waals surface area contributed by atoms with Crippen molar-refractivity contribution in [1.29, 1.82) is 0 Å². The average Bonchev–Trinajstić information content (AvgIpc) is 3.07. The Morgan fingerprint density at radius 3 is 1.98 bits per heavy atom. The molecule has 14 heteroatoms. The fourth-order valence-electron chi connectivity index (χ4n) is 5.75. The van der Waals surface area contributed by atoms with Crippen LogP contribution in [0.2, 0.25) is 0 Å². The van der Waals surface area contributed by atoms with E-state index in [0.29, 0.717) is 12.5 Å². The Morgan fingerprint density at radius 2 is 1.42 bits per heavy atom. The summed E-state index contributed by atoms with van der Waals surface area (Å²) in [6.45, 7) is 0.917. The van der Waals surface area contributed by atoms with E-state index in [9.17, 15) is 54.4 Å². The van der Waals surface area contributed by atoms with Gasteiger partial charge in [-0.25, -0.2) is 8.78 Å². The molecule has 278 valence electrons. The number of nitrogens with one attached hydrogen (secondary N) is 1. The molecular formula is C34H57F2NO11. The topological polar surface area (TPSA) is 209 Å². The first-order chi connectivity index (χ1) is 22.9. The predicted molar refractivity (Wildman–Crippen MR) is 171 cm³/mol. The lowest BCUT2D eigenvalue weighted by Gasteiger charge is -2.40. The van der Waals surface area contributed by atoms with E-state index >= 15 is 0 Å². The summed E-state index contributed by atoms with van der Waals surface area (Å²) in [5.74, 6) is -3.31. The summed E-state index contributed by atoms with van der Waals surface area (Å²) in [4.78, 5) is 12.9. The van der Waals surface area contributed by atoms with Gasteiger partial charge in [-0.2, -0.15) is 0 Å². The quantitative estimate of drug-likeness (QED) is 0.0714. The molecule has 1 aliphatic heterocycles. The molecule has 0 aliphatic carbocycles. The highest BCUT2D eigenvalue weighted by Crippen LogP contribution is 2.24. The molecule has 0 aromatic heterocycles. The minimum atomic E-state index is -1.76. The number of benzene rings is 1. The van der Waals surface area contributed by atoms with Crippen LogP contribution in [-0.4, -0.2) is 115 Å². The standard InChI is InChI=1S/C34H57F2NO11/c1-2-3-4-5-6-7-8-9-10-11-12-13-14-25(39)30(43)24(20-47-34-33(46)32(45)31(44)27(19-38)48-34)37-28(41)18-26(40)29(42)21-15-16-22(35)23(36)17-21/h15-17,24-27,29-34,38-40,42-46H,2-14,18-20H2,1H3,(H,37,41)/t24-,25+,26-,27?,29-,30-,31-,32-,33?,34-/m0/s1. The number of unbranched alkanes of at least 4 members (excludes halogenated alkanes) is 11. The molecule has 48 heavy (non-hydrogen) atoms. The SMILES string of the molecule is CCCCCCCCCCCCCC[C@@H](O)[C@@H](O)[C@H](CO[C@H]1OC(CO)[C@H](O)[C@H](O)C1O)NC(=O)C[C@H](O)[C@@H](O)c1ccc(F)c(F)c1. The van der Waals surface area contributed by atoms with Crippen molar-refractivity contribution < 1.29 is 63.9 Å². The second-order valence-corrected chi connectivity index (χ2v) is 12.8. The molecule has 1 aromatic carbocycles. The van der Waals surface area contributed by atoms with E-state index in [0.717, 1.165) is 37.8 Å². The van der Waals surface area contributed by atoms with Gasteiger partial charge in [-0.15, -0.1) is 0 Å². The number of aliphatic hydroxyl groups is 8. The van der Waals surface area contributed by atoms with Crippen LogP contribution in [0.5, 0.6) is 0 Å². The summed E-state index contributed by atoms with van der Waals surface area (Å²) < 4.78 is 37.7. The number of carbonyl (C=O) groups is 1. The van der Waals surface area contributed by atoms with Crippen molar-refractivity contribution in [2.75, 3.05) is 13.2 Å². The van der Waals surface area contributed by atoms with Crippen LogP contribution in [0.1, 0.15) is 108 Å². The average molecular weight is 694 g/mol. The molecular weight excluding hydrogens is 636 g/mol. The molecule has 2 rings (SSSR count). The lowest BCUT2D eigenvalue weighted by atomic mass is 9.98. The Balaban J connectivity index is 1.93. The van der Waals surface area contributed by atoms with Gasteiger partial charge in [0.15, 0.2) is 17.9 Å². The summed E-state index contributed by atoms with van der Waals surface area (Å²) in [7, 11) is 0. The maximum atomic E-state index is 13.6. The van der Waals surface area contributed by atoms with Gasteiger partial charge in [-0.3, -0.25) is 4.79 Å². The molecule has 9 N–H and O–H groups in total. The minimum Gasteiger partial charge on any atom is -0.394 e. The van der Waals surface area contributed by atoms with Crippen LogP contribution in [0, 0.1) is 11.6 Å². The fraction of sp³-hybridized carbons (Fsp3) is 0.794. The molecule has 0 saturated carbocycles. The predicted octanol–water partition coefficient (Wildman–Crippen LogP) is 1.86. The smallest absolute Gasteiger partial charge is 0.223 e. The third-order valence-electron chi connectivity index (χ3n) is 8.84. The normalized spacial score (nSPS) is 24.5. The van der Waals surface area contributed by atoms with E-state index in [2.05, 4.69) is 12.2 Å². The summed E-state index contributed by atoms with van der Waals surface area (Å²) in [6, 6.07) is 1.16. The van der Waals surface area contributed by atoms with E-state index < -0.39 is 98.3 Å². The first-order valence-corrected chi connectivity index (χ1v) is 17.3. The van der Waals surface area contributed by atoms with Crippen molar-refractivity contribution in [3.05, 3.63) is 35.4 Å². The van der Waals surface area contributed by atoms with Gasteiger partial charge < -0.3 is 55.6 Å². The van der Waals surface area contributed by atoms with Gasteiger partial charge in [0.2, 0.25) is 5.91 Å². The van der Waals surface area contributed by atoms with Gasteiger partial charge in [0.25, 0.3) is 0 Å². The third kappa shape index (κ3) is 14.2. The van der Waals surface area contributed by atoms with Crippen molar-refractivity contribution in [1.82, 2.24) is 5.32 Å². The van der Waals surface area contributed by atoms with Crippen molar-refractivity contribution in [2.24, 2.45) is 0 Å². The number of hydrogen-bond donors (Lipinski definition) is 9. The second-order valence-electron chi connectivity index (χ2n) is 12.8. The second kappa shape index (κ2) is 22.8. The molecule has 1 heterocycles. The Labute approximate surface area is 281 Å². The maximum Gasteiger partial charge on any atom is 0.223 e. The van der Waals surface area contributed by atoms with Gasteiger partial charge >= 0.3 is 0 Å². The van der Waals surface area contributed by atoms with Crippen molar-refractivity contribution in [3.63, 3.8) is 0 Å². The summed E-state index contributed by atoms with van der Waals surface area (Å²) in [5, 5.41) is 84.9. The lowest BCUT2D eigenvalue weighted by molar-refractivity contribution is -0.303. The minimum absolute atomic E-state index is 0.172. The summed E-state index contributed by atoms with van der Waals surface area (Å²) in [6.07, 6.45) is -1.56. The van der Waals surface area contributed by atoms with Crippen molar-refractivity contribution in [3.8, 4) is 0 Å². The largest absolute Gasteiger partial charge is 0.394 e.